The number of aliphatic hydroxyl groups excluding tert-OH is 1. The zero-order valence-electron chi connectivity index (χ0n) is 2.64. The van der Waals surface area contributed by atoms with Crippen LogP contribution in [-0.2, 0) is 11.8 Å². The molecule has 0 aromatic rings. The van der Waals surface area contributed by atoms with Gasteiger partial charge in [0.05, 0.1) is 0 Å². The summed E-state index contributed by atoms with van der Waals surface area (Å²) >= 11 is 4.46. The molecule has 0 aromatic heterocycles. The summed E-state index contributed by atoms with van der Waals surface area (Å²) in [6, 6.07) is 0. The van der Waals surface area contributed by atoms with Crippen molar-refractivity contribution in [3.8, 4) is 0 Å². The van der Waals surface area contributed by atoms with E-state index in [1.165, 1.54) is 0 Å². The van der Waals surface area contributed by atoms with Crippen LogP contribution in [-0.4, -0.2) is 18.2 Å². The first kappa shape index (κ1) is 5.54. The van der Waals surface area contributed by atoms with Crippen LogP contribution in [0.5, 0.6) is 0 Å². The molecule has 0 aliphatic heterocycles. The van der Waals surface area contributed by atoms with Crippen LogP contribution >= 0.6 is 6.85 Å². The molecule has 0 fully saturated rings. The van der Waals surface area contributed by atoms with E-state index >= 15 is 0 Å². The van der Waals surface area contributed by atoms with E-state index in [1.807, 2.05) is 0 Å². The van der Waals surface area contributed by atoms with E-state index < -0.39 is 0 Å². The van der Waals surface area contributed by atoms with Crippen LogP contribution in [0.25, 0.3) is 0 Å². The zero-order chi connectivity index (χ0) is 4.12. The predicted octanol–water partition coefficient (Wildman–Crippen LogP) is -0.304. The Morgan fingerprint density at radius 1 is 2.00 bits per heavy atom. The molecule has 0 heterocycles. The molecular formula is CH4BOPS. The van der Waals surface area contributed by atoms with Gasteiger partial charge < -0.3 is 0 Å². The second kappa shape index (κ2) is 4.54. The van der Waals surface area contributed by atoms with Gasteiger partial charge in [-0.1, -0.05) is 0 Å². The van der Waals surface area contributed by atoms with Gasteiger partial charge in [-0.3, -0.25) is 0 Å². The van der Waals surface area contributed by atoms with Gasteiger partial charge in [-0.2, -0.15) is 0 Å². The minimum absolute atomic E-state index is 0.127. The summed E-state index contributed by atoms with van der Waals surface area (Å²) in [7, 11) is 0. The molecule has 28 valence electrons. The van der Waals surface area contributed by atoms with Crippen molar-refractivity contribution in [3.05, 3.63) is 0 Å². The summed E-state index contributed by atoms with van der Waals surface area (Å²) in [4.78, 5) is 0. The molecule has 4 heteroatoms. The fourth-order valence-corrected chi connectivity index (χ4v) is 0.335. The first-order valence-electron chi connectivity index (χ1n) is 1.22. The van der Waals surface area contributed by atoms with Crippen LogP contribution in [0.3, 0.4) is 0 Å². The summed E-state index contributed by atoms with van der Waals surface area (Å²) < 4.78 is 0. The van der Waals surface area contributed by atoms with E-state index in [4.69, 9.17) is 5.11 Å². The number of hydrogen-bond acceptors (Lipinski definition) is 2. The van der Waals surface area contributed by atoms with Gasteiger partial charge in [-0.15, -0.1) is 0 Å². The Morgan fingerprint density at radius 2 is 2.60 bits per heavy atom. The minimum atomic E-state index is 0.127. The fraction of sp³-hybridized carbons (Fsp3) is 1.00. The van der Waals surface area contributed by atoms with E-state index in [2.05, 4.69) is 11.8 Å². The third kappa shape index (κ3) is 4.54. The Hall–Kier alpha value is 0.545. The van der Waals surface area contributed by atoms with Crippen molar-refractivity contribution in [2.24, 2.45) is 0 Å². The molecule has 0 spiro atoms. The van der Waals surface area contributed by atoms with Crippen molar-refractivity contribution in [1.29, 1.82) is 0 Å². The molecule has 0 aliphatic rings. The predicted molar refractivity (Wildman–Crippen MR) is 28.5 cm³/mol. The van der Waals surface area contributed by atoms with Crippen LogP contribution in [0.15, 0.2) is 0 Å². The Kier molecular flexibility index (Phi) is 5.04. The third-order valence-corrected chi connectivity index (χ3v) is 1.02. The van der Waals surface area contributed by atoms with Crippen molar-refractivity contribution in [2.45, 2.75) is 0 Å². The standard InChI is InChI=1S/CH4BOPS/c3-1-2-4-5/h3-4H,1H2. The molecule has 0 saturated heterocycles. The van der Waals surface area contributed by atoms with Crippen molar-refractivity contribution >= 4 is 25.3 Å². The van der Waals surface area contributed by atoms with Crippen LogP contribution < -0.4 is 0 Å². The maximum absolute atomic E-state index is 7.95. The van der Waals surface area contributed by atoms with E-state index in [0.717, 1.165) is 0 Å². The summed E-state index contributed by atoms with van der Waals surface area (Å²) in [5.74, 6) is 0. The molecule has 0 radical (unpaired) electrons. The quantitative estimate of drug-likeness (QED) is 0.365. The van der Waals surface area contributed by atoms with Gasteiger partial charge in [-0.05, 0) is 0 Å². The summed E-state index contributed by atoms with van der Waals surface area (Å²) in [6.07, 6.45) is 0. The maximum atomic E-state index is 7.95. The normalized spacial score (nSPS) is 7.40. The van der Waals surface area contributed by atoms with Gasteiger partial charge in [0.15, 0.2) is 0 Å². The molecule has 0 rings (SSSR count). The summed E-state index contributed by atoms with van der Waals surface area (Å²) in [5, 5.41) is 7.95. The summed E-state index contributed by atoms with van der Waals surface area (Å²) in [6.45, 7) is 2.14. The van der Waals surface area contributed by atoms with Gasteiger partial charge in [0.2, 0.25) is 0 Å². The second-order valence-corrected chi connectivity index (χ2v) is 1.86. The number of hydrogen-bond donors (Lipinski definition) is 1. The van der Waals surface area contributed by atoms with E-state index in [9.17, 15) is 0 Å². The van der Waals surface area contributed by atoms with Crippen molar-refractivity contribution in [3.63, 3.8) is 0 Å². The van der Waals surface area contributed by atoms with E-state index in [1.54, 1.807) is 6.62 Å². The van der Waals surface area contributed by atoms with Gasteiger partial charge in [0, 0.05) is 0 Å². The van der Waals surface area contributed by atoms with Crippen molar-refractivity contribution in [1.82, 2.24) is 0 Å². The van der Waals surface area contributed by atoms with Gasteiger partial charge in [0.25, 0.3) is 0 Å². The van der Waals surface area contributed by atoms with Crippen LogP contribution in [0.1, 0.15) is 0 Å². The van der Waals surface area contributed by atoms with Crippen molar-refractivity contribution < 1.29 is 5.11 Å². The zero-order valence-corrected chi connectivity index (χ0v) is 4.46. The summed E-state index contributed by atoms with van der Waals surface area (Å²) in [5.41, 5.74) is 0. The second-order valence-electron chi connectivity index (χ2n) is 0.505. The van der Waals surface area contributed by atoms with Gasteiger partial charge >= 0.3 is 36.9 Å². The third-order valence-electron chi connectivity index (χ3n) is 0.175. The van der Waals surface area contributed by atoms with Crippen LogP contribution in [0.4, 0.5) is 0 Å². The van der Waals surface area contributed by atoms with Gasteiger partial charge in [0.1, 0.15) is 0 Å². The average molecular weight is 106 g/mol. The van der Waals surface area contributed by atoms with E-state index in [-0.39, 0.29) is 6.51 Å². The SMILES string of the molecule is OCB=[PH]=S. The molecule has 1 atom stereocenters. The molecule has 0 aromatic carbocycles. The first-order valence-corrected chi connectivity index (χ1v) is 3.43. The van der Waals surface area contributed by atoms with Crippen molar-refractivity contribution in [2.75, 3.05) is 6.51 Å². The Balaban J connectivity index is 2.93. The Bertz CT molecular complexity index is 58.7. The fourth-order valence-electron chi connectivity index (χ4n) is 0.0373. The topological polar surface area (TPSA) is 20.2 Å². The van der Waals surface area contributed by atoms with Crippen LogP contribution in [0, 0.1) is 0 Å². The molecule has 0 bridgehead atoms. The Labute approximate surface area is 37.7 Å². The monoisotopic (exact) mass is 106 g/mol. The number of aliphatic hydroxyl groups is 1. The van der Waals surface area contributed by atoms with Gasteiger partial charge in [-0.25, -0.2) is 0 Å². The molecule has 0 amide bonds. The molecule has 1 unspecified atom stereocenters. The molecule has 1 nitrogen and oxygen atoms in total. The molecule has 0 aliphatic carbocycles. The molecular weight excluding hydrogens is 102 g/mol. The molecule has 5 heavy (non-hydrogen) atoms. The number of rotatable bonds is 1. The van der Waals surface area contributed by atoms with Crippen LogP contribution in [0.2, 0.25) is 0 Å². The first-order chi connectivity index (χ1) is 2.41. The Morgan fingerprint density at radius 3 is 2.60 bits per heavy atom. The van der Waals surface area contributed by atoms with E-state index in [0.29, 0.717) is 6.85 Å². The molecule has 0 saturated carbocycles. The molecule has 1 N–H and O–H groups in total. The average Bonchev–Trinajstić information content (AvgIpc) is 1.41.